The van der Waals surface area contributed by atoms with Crippen molar-refractivity contribution < 1.29 is 8.42 Å². The summed E-state index contributed by atoms with van der Waals surface area (Å²) in [5.74, 6) is 5.46. The van der Waals surface area contributed by atoms with Crippen LogP contribution in [0.15, 0.2) is 29.2 Å². The lowest BCUT2D eigenvalue weighted by atomic mass is 10.2. The molecular weight excluding hydrogens is 274 g/mol. The average molecular weight is 295 g/mol. The molecule has 0 aliphatic carbocycles. The van der Waals surface area contributed by atoms with Gasteiger partial charge in [-0.2, -0.15) is 0 Å². The lowest BCUT2D eigenvalue weighted by Crippen LogP contribution is -2.33. The smallest absolute Gasteiger partial charge is 0.241 e. The number of hydrogen-bond acceptors (Lipinski definition) is 4. The summed E-state index contributed by atoms with van der Waals surface area (Å²) < 4.78 is 27.1. The Morgan fingerprint density at radius 2 is 2.05 bits per heavy atom. The summed E-state index contributed by atoms with van der Waals surface area (Å²) in [4.78, 5) is 2.22. The first kappa shape index (κ1) is 16.7. The maximum atomic E-state index is 12.3. The molecule has 0 radical (unpaired) electrons. The van der Waals surface area contributed by atoms with Gasteiger partial charge < -0.3 is 10.6 Å². The molecule has 1 aromatic rings. The van der Waals surface area contributed by atoms with Crippen LogP contribution in [0.2, 0.25) is 0 Å². The van der Waals surface area contributed by atoms with Crippen LogP contribution < -0.4 is 10.5 Å². The second-order valence-electron chi connectivity index (χ2n) is 4.30. The second-order valence-corrected chi connectivity index (χ2v) is 6.03. The van der Waals surface area contributed by atoms with Crippen molar-refractivity contribution in [2.75, 3.05) is 33.2 Å². The largest absolute Gasteiger partial charge is 0.320 e. The van der Waals surface area contributed by atoms with Crippen LogP contribution in [0.1, 0.15) is 12.5 Å². The van der Waals surface area contributed by atoms with E-state index in [1.54, 1.807) is 24.3 Å². The number of hydrogen-bond donors (Lipinski definition) is 2. The molecule has 0 spiro atoms. The van der Waals surface area contributed by atoms with Gasteiger partial charge in [-0.05, 0) is 25.7 Å². The van der Waals surface area contributed by atoms with Crippen LogP contribution in [-0.4, -0.2) is 46.5 Å². The molecule has 1 aromatic carbocycles. The predicted molar refractivity (Wildman–Crippen MR) is 80.7 cm³/mol. The van der Waals surface area contributed by atoms with E-state index in [4.69, 9.17) is 5.73 Å². The minimum absolute atomic E-state index is 0.195. The molecule has 0 aliphatic heterocycles. The topological polar surface area (TPSA) is 75.4 Å². The normalized spacial score (nSPS) is 11.2. The fourth-order valence-electron chi connectivity index (χ4n) is 1.56. The number of sulfonamides is 1. The molecule has 0 heterocycles. The van der Waals surface area contributed by atoms with Gasteiger partial charge in [-0.15, -0.1) is 0 Å². The summed E-state index contributed by atoms with van der Waals surface area (Å²) in [6.07, 6.45) is 0. The Kier molecular flexibility index (Phi) is 6.68. The summed E-state index contributed by atoms with van der Waals surface area (Å²) in [7, 11) is -1.61. The van der Waals surface area contributed by atoms with Gasteiger partial charge in [0, 0.05) is 18.7 Å². The molecule has 6 heteroatoms. The molecule has 0 saturated heterocycles. The van der Waals surface area contributed by atoms with Crippen LogP contribution in [0.3, 0.4) is 0 Å². The number of likely N-dealkylation sites (N-methyl/N-ethyl adjacent to an activating group) is 1. The maximum Gasteiger partial charge on any atom is 0.241 e. The van der Waals surface area contributed by atoms with Crippen LogP contribution in [-0.2, 0) is 10.0 Å². The van der Waals surface area contributed by atoms with E-state index in [-0.39, 0.29) is 11.4 Å². The molecule has 1 rings (SSSR count). The Morgan fingerprint density at radius 1 is 1.35 bits per heavy atom. The Balaban J connectivity index is 2.87. The molecule has 20 heavy (non-hydrogen) atoms. The highest BCUT2D eigenvalue weighted by atomic mass is 32.2. The Bertz CT molecular complexity index is 588. The van der Waals surface area contributed by atoms with E-state index in [0.29, 0.717) is 18.7 Å². The first-order valence-corrected chi connectivity index (χ1v) is 7.95. The second kappa shape index (κ2) is 8.02. The van der Waals surface area contributed by atoms with E-state index in [1.165, 1.54) is 0 Å². The van der Waals surface area contributed by atoms with Crippen molar-refractivity contribution in [2.45, 2.75) is 11.8 Å². The molecule has 0 atom stereocenters. The summed E-state index contributed by atoms with van der Waals surface area (Å²) in [6, 6.07) is 6.66. The van der Waals surface area contributed by atoms with Crippen molar-refractivity contribution in [1.82, 2.24) is 9.62 Å². The minimum Gasteiger partial charge on any atom is -0.320 e. The summed E-state index contributed by atoms with van der Waals surface area (Å²) >= 11 is 0. The molecule has 0 aliphatic rings. The van der Waals surface area contributed by atoms with Gasteiger partial charge in [-0.25, -0.2) is 13.1 Å². The first-order valence-electron chi connectivity index (χ1n) is 6.47. The van der Waals surface area contributed by atoms with Crippen LogP contribution in [0, 0.1) is 11.8 Å². The molecule has 3 N–H and O–H groups in total. The number of rotatable bonds is 6. The zero-order chi connectivity index (χ0) is 15.0. The standard InChI is InChI=1S/C14H21N3O2S/c1-3-17(2)12-11-16-20(18,19)14-9-5-4-7-13(14)8-6-10-15/h4-5,7,9,16H,3,10-12,15H2,1-2H3. The van der Waals surface area contributed by atoms with Crippen LogP contribution in [0.25, 0.3) is 0 Å². The van der Waals surface area contributed by atoms with Crippen molar-refractivity contribution in [3.8, 4) is 11.8 Å². The molecule has 0 bridgehead atoms. The molecule has 5 nitrogen and oxygen atoms in total. The van der Waals surface area contributed by atoms with Gasteiger partial charge in [-0.1, -0.05) is 30.9 Å². The third-order valence-electron chi connectivity index (χ3n) is 2.83. The number of nitrogens with zero attached hydrogens (tertiary/aromatic N) is 1. The number of benzene rings is 1. The van der Waals surface area contributed by atoms with Gasteiger partial charge in [0.05, 0.1) is 11.4 Å². The molecule has 0 amide bonds. The van der Waals surface area contributed by atoms with Gasteiger partial charge in [0.15, 0.2) is 0 Å². The van der Waals surface area contributed by atoms with Gasteiger partial charge >= 0.3 is 0 Å². The number of nitrogens with two attached hydrogens (primary N) is 1. The quantitative estimate of drug-likeness (QED) is 0.737. The van der Waals surface area contributed by atoms with Crippen LogP contribution in [0.4, 0.5) is 0 Å². The van der Waals surface area contributed by atoms with E-state index in [2.05, 4.69) is 16.6 Å². The average Bonchev–Trinajstić information content (AvgIpc) is 2.45. The lowest BCUT2D eigenvalue weighted by molar-refractivity contribution is 0.358. The van der Waals surface area contributed by atoms with Gasteiger partial charge in [0.2, 0.25) is 10.0 Å². The molecular formula is C14H21N3O2S. The van der Waals surface area contributed by atoms with Crippen molar-refractivity contribution >= 4 is 10.0 Å². The zero-order valence-corrected chi connectivity index (χ0v) is 12.7. The van der Waals surface area contributed by atoms with E-state index < -0.39 is 10.0 Å². The summed E-state index contributed by atoms with van der Waals surface area (Å²) in [5.41, 5.74) is 5.79. The molecule has 110 valence electrons. The van der Waals surface area contributed by atoms with E-state index in [0.717, 1.165) is 6.54 Å². The minimum atomic E-state index is -3.55. The Hall–Kier alpha value is -1.39. The maximum absolute atomic E-state index is 12.3. The molecule has 0 aromatic heterocycles. The van der Waals surface area contributed by atoms with Gasteiger partial charge in [-0.3, -0.25) is 0 Å². The highest BCUT2D eigenvalue weighted by molar-refractivity contribution is 7.89. The number of nitrogens with one attached hydrogen (secondary N) is 1. The molecule has 0 fully saturated rings. The fourth-order valence-corrected chi connectivity index (χ4v) is 2.74. The predicted octanol–water partition coefficient (Wildman–Crippen LogP) is 0.227. The SMILES string of the molecule is CCN(C)CCNS(=O)(=O)c1ccccc1C#CCN. The van der Waals surface area contributed by atoms with Crippen molar-refractivity contribution in [1.29, 1.82) is 0 Å². The highest BCUT2D eigenvalue weighted by Gasteiger charge is 2.16. The zero-order valence-electron chi connectivity index (χ0n) is 11.9. The third-order valence-corrected chi connectivity index (χ3v) is 4.35. The van der Waals surface area contributed by atoms with Crippen molar-refractivity contribution in [3.63, 3.8) is 0 Å². The molecule has 0 saturated carbocycles. The highest BCUT2D eigenvalue weighted by Crippen LogP contribution is 2.13. The van der Waals surface area contributed by atoms with E-state index >= 15 is 0 Å². The van der Waals surface area contributed by atoms with Crippen LogP contribution >= 0.6 is 0 Å². The third kappa shape index (κ3) is 4.94. The van der Waals surface area contributed by atoms with Gasteiger partial charge in [0.25, 0.3) is 0 Å². The van der Waals surface area contributed by atoms with Gasteiger partial charge in [0.1, 0.15) is 0 Å². The van der Waals surface area contributed by atoms with Crippen LogP contribution in [0.5, 0.6) is 0 Å². The first-order chi connectivity index (χ1) is 9.51. The summed E-state index contributed by atoms with van der Waals surface area (Å²) in [6.45, 7) is 4.12. The lowest BCUT2D eigenvalue weighted by Gasteiger charge is -2.14. The summed E-state index contributed by atoms with van der Waals surface area (Å²) in [5, 5.41) is 0. The van der Waals surface area contributed by atoms with E-state index in [1.807, 2.05) is 18.9 Å². The van der Waals surface area contributed by atoms with Crippen molar-refractivity contribution in [2.24, 2.45) is 5.73 Å². The fraction of sp³-hybridized carbons (Fsp3) is 0.429. The van der Waals surface area contributed by atoms with E-state index in [9.17, 15) is 8.42 Å². The monoisotopic (exact) mass is 295 g/mol. The van der Waals surface area contributed by atoms with Crippen molar-refractivity contribution in [3.05, 3.63) is 29.8 Å². The molecule has 0 unspecified atom stereocenters. The Labute approximate surface area is 121 Å². The Morgan fingerprint density at radius 3 is 2.70 bits per heavy atom.